The summed E-state index contributed by atoms with van der Waals surface area (Å²) >= 11 is 3.39. The highest BCUT2D eigenvalue weighted by Gasteiger charge is 2.28. The van der Waals surface area contributed by atoms with Gasteiger partial charge in [-0.05, 0) is 71.9 Å². The number of benzene rings is 2. The zero-order chi connectivity index (χ0) is 25.7. The van der Waals surface area contributed by atoms with E-state index in [-0.39, 0.29) is 17.6 Å². The molecule has 2 amide bonds. The Bertz CT molecular complexity index is 1310. The van der Waals surface area contributed by atoms with Gasteiger partial charge in [0, 0.05) is 28.6 Å². The average Bonchev–Trinajstić information content (AvgIpc) is 3.24. The topological polar surface area (TPSA) is 102 Å². The van der Waals surface area contributed by atoms with Crippen LogP contribution in [-0.2, 0) is 12.8 Å². The van der Waals surface area contributed by atoms with Crippen LogP contribution in [0, 0.1) is 6.92 Å². The molecule has 4 rings (SSSR count). The third kappa shape index (κ3) is 5.46. The zero-order valence-electron chi connectivity index (χ0n) is 20.4. The molecule has 188 valence electrons. The van der Waals surface area contributed by atoms with E-state index in [1.165, 1.54) is 0 Å². The number of aryl methyl sites for hydroxylation is 1. The number of nitrogens with zero attached hydrogens (tertiary/aromatic N) is 1. The first-order valence-corrected chi connectivity index (χ1v) is 12.5. The van der Waals surface area contributed by atoms with Gasteiger partial charge in [-0.2, -0.15) is 5.10 Å². The van der Waals surface area contributed by atoms with E-state index >= 15 is 0 Å². The minimum atomic E-state index is -0.309. The summed E-state index contributed by atoms with van der Waals surface area (Å²) < 4.78 is 17.3. The molecule has 2 aromatic carbocycles. The van der Waals surface area contributed by atoms with Crippen molar-refractivity contribution in [3.05, 3.63) is 80.7 Å². The molecule has 1 aliphatic rings. The van der Waals surface area contributed by atoms with E-state index in [4.69, 9.17) is 13.9 Å². The zero-order valence-corrected chi connectivity index (χ0v) is 22.0. The number of methoxy groups -OCH3 is 2. The normalized spacial score (nSPS) is 13.7. The standard InChI is InChI=1S/C27H28BrN3O5/c1-16-24-20(30-31-26(32)18-7-4-5-8-19(18)28)9-6-10-22(24)36-25(16)27(33)29-14-13-17-11-12-21(34-2)23(15-17)35-3/h4-5,7-8,11-12,15H,6,9-10,13-14H2,1-3H3,(H,29,33)(H,31,32)/b30-20+. The van der Waals surface area contributed by atoms with Crippen LogP contribution >= 0.6 is 15.9 Å². The van der Waals surface area contributed by atoms with Crippen molar-refractivity contribution in [1.29, 1.82) is 0 Å². The van der Waals surface area contributed by atoms with Crippen LogP contribution in [0.1, 0.15) is 56.2 Å². The van der Waals surface area contributed by atoms with E-state index in [1.807, 2.05) is 31.2 Å². The predicted octanol–water partition coefficient (Wildman–Crippen LogP) is 4.81. The van der Waals surface area contributed by atoms with Crippen LogP contribution in [0.2, 0.25) is 0 Å². The van der Waals surface area contributed by atoms with E-state index in [9.17, 15) is 9.59 Å². The number of carbonyl (C=O) groups is 2. The van der Waals surface area contributed by atoms with Crippen LogP contribution in [0.3, 0.4) is 0 Å². The van der Waals surface area contributed by atoms with Crippen LogP contribution in [0.5, 0.6) is 11.5 Å². The second-order valence-electron chi connectivity index (χ2n) is 8.38. The van der Waals surface area contributed by atoms with E-state index in [0.29, 0.717) is 53.1 Å². The lowest BCUT2D eigenvalue weighted by atomic mass is 9.93. The fourth-order valence-corrected chi connectivity index (χ4v) is 4.72. The van der Waals surface area contributed by atoms with E-state index in [0.717, 1.165) is 28.9 Å². The lowest BCUT2D eigenvalue weighted by molar-refractivity contribution is 0.0922. The van der Waals surface area contributed by atoms with Crippen LogP contribution < -0.4 is 20.2 Å². The lowest BCUT2D eigenvalue weighted by Gasteiger charge is -2.13. The first kappa shape index (κ1) is 25.5. The average molecular weight is 554 g/mol. The molecule has 2 N–H and O–H groups in total. The molecule has 0 aliphatic heterocycles. The molecule has 8 nitrogen and oxygen atoms in total. The summed E-state index contributed by atoms with van der Waals surface area (Å²) in [7, 11) is 3.18. The summed E-state index contributed by atoms with van der Waals surface area (Å²) in [6.45, 7) is 2.28. The highest BCUT2D eigenvalue weighted by atomic mass is 79.9. The Labute approximate surface area is 218 Å². The molecule has 9 heteroatoms. The molecular formula is C27H28BrN3O5. The number of carbonyl (C=O) groups excluding carboxylic acids is 2. The number of furan rings is 1. The molecule has 1 aliphatic carbocycles. The molecule has 0 fully saturated rings. The molecule has 3 aromatic rings. The Morgan fingerprint density at radius 2 is 1.83 bits per heavy atom. The molecule has 0 unspecified atom stereocenters. The number of fused-ring (bicyclic) bond motifs is 1. The van der Waals surface area contributed by atoms with E-state index < -0.39 is 0 Å². The van der Waals surface area contributed by atoms with Gasteiger partial charge in [0.1, 0.15) is 5.76 Å². The molecule has 0 radical (unpaired) electrons. The highest BCUT2D eigenvalue weighted by molar-refractivity contribution is 9.10. The third-order valence-corrected chi connectivity index (χ3v) is 6.78. The fraction of sp³-hybridized carbons (Fsp3) is 0.296. The molecule has 0 saturated carbocycles. The molecule has 1 heterocycles. The van der Waals surface area contributed by atoms with Crippen molar-refractivity contribution in [2.45, 2.75) is 32.6 Å². The molecule has 36 heavy (non-hydrogen) atoms. The smallest absolute Gasteiger partial charge is 0.287 e. The Morgan fingerprint density at radius 1 is 1.06 bits per heavy atom. The molecule has 0 atom stereocenters. The minimum Gasteiger partial charge on any atom is -0.493 e. The molecule has 0 bridgehead atoms. The summed E-state index contributed by atoms with van der Waals surface area (Å²) in [6.07, 6.45) is 2.85. The summed E-state index contributed by atoms with van der Waals surface area (Å²) in [6, 6.07) is 12.8. The molecular weight excluding hydrogens is 526 g/mol. The summed E-state index contributed by atoms with van der Waals surface area (Å²) in [5.41, 5.74) is 6.39. The quantitative estimate of drug-likeness (QED) is 0.389. The van der Waals surface area contributed by atoms with Crippen molar-refractivity contribution in [3.63, 3.8) is 0 Å². The Hall–Kier alpha value is -3.59. The Kier molecular flexibility index (Phi) is 8.10. The van der Waals surface area contributed by atoms with Gasteiger partial charge in [-0.1, -0.05) is 18.2 Å². The van der Waals surface area contributed by atoms with Gasteiger partial charge in [0.05, 0.1) is 25.5 Å². The molecule has 0 spiro atoms. The maximum Gasteiger partial charge on any atom is 0.287 e. The van der Waals surface area contributed by atoms with Crippen molar-refractivity contribution < 1.29 is 23.5 Å². The largest absolute Gasteiger partial charge is 0.493 e. The van der Waals surface area contributed by atoms with Crippen molar-refractivity contribution >= 4 is 33.5 Å². The van der Waals surface area contributed by atoms with Gasteiger partial charge >= 0.3 is 0 Å². The lowest BCUT2D eigenvalue weighted by Crippen LogP contribution is -2.26. The van der Waals surface area contributed by atoms with Crippen molar-refractivity contribution in [2.75, 3.05) is 20.8 Å². The van der Waals surface area contributed by atoms with Crippen molar-refractivity contribution in [3.8, 4) is 11.5 Å². The van der Waals surface area contributed by atoms with Gasteiger partial charge in [0.15, 0.2) is 17.3 Å². The SMILES string of the molecule is COc1ccc(CCNC(=O)c2oc3c(c2C)/C(=N/NC(=O)c2ccccc2Br)CCC3)cc1OC. The monoisotopic (exact) mass is 553 g/mol. The van der Waals surface area contributed by atoms with Crippen LogP contribution in [0.25, 0.3) is 0 Å². The number of halogens is 1. The van der Waals surface area contributed by atoms with Crippen LogP contribution in [-0.4, -0.2) is 38.3 Å². The van der Waals surface area contributed by atoms with Crippen molar-refractivity contribution in [2.24, 2.45) is 5.10 Å². The number of hydrazone groups is 1. The highest BCUT2D eigenvalue weighted by Crippen LogP contribution is 2.30. The second-order valence-corrected chi connectivity index (χ2v) is 9.24. The summed E-state index contributed by atoms with van der Waals surface area (Å²) in [4.78, 5) is 25.5. The minimum absolute atomic E-state index is 0.277. The van der Waals surface area contributed by atoms with Gasteiger partial charge in [-0.15, -0.1) is 0 Å². The number of ether oxygens (including phenoxy) is 2. The maximum atomic E-state index is 12.9. The molecule has 1 aromatic heterocycles. The first-order chi connectivity index (χ1) is 17.4. The van der Waals surface area contributed by atoms with Gasteiger partial charge in [-0.25, -0.2) is 5.43 Å². The number of hydrogen-bond acceptors (Lipinski definition) is 6. The van der Waals surface area contributed by atoms with Gasteiger partial charge in [-0.3, -0.25) is 9.59 Å². The summed E-state index contributed by atoms with van der Waals surface area (Å²) in [5, 5.41) is 7.33. The Morgan fingerprint density at radius 3 is 2.58 bits per heavy atom. The van der Waals surface area contributed by atoms with Gasteiger partial charge < -0.3 is 19.2 Å². The van der Waals surface area contributed by atoms with E-state index in [2.05, 4.69) is 31.8 Å². The van der Waals surface area contributed by atoms with Crippen molar-refractivity contribution in [1.82, 2.24) is 10.7 Å². The second kappa shape index (κ2) is 11.4. The third-order valence-electron chi connectivity index (χ3n) is 6.09. The predicted molar refractivity (Wildman–Crippen MR) is 140 cm³/mol. The molecule has 0 saturated heterocycles. The fourth-order valence-electron chi connectivity index (χ4n) is 4.26. The van der Waals surface area contributed by atoms with Gasteiger partial charge in [0.2, 0.25) is 0 Å². The first-order valence-electron chi connectivity index (χ1n) is 11.7. The van der Waals surface area contributed by atoms with E-state index in [1.54, 1.807) is 32.4 Å². The Balaban J connectivity index is 1.44. The van der Waals surface area contributed by atoms with Crippen LogP contribution in [0.15, 0.2) is 56.5 Å². The number of nitrogens with one attached hydrogen (secondary N) is 2. The summed E-state index contributed by atoms with van der Waals surface area (Å²) in [5.74, 6) is 1.72. The number of hydrogen-bond donors (Lipinski definition) is 2. The maximum absolute atomic E-state index is 12.9. The number of amides is 2. The number of rotatable bonds is 8. The van der Waals surface area contributed by atoms with Gasteiger partial charge in [0.25, 0.3) is 11.8 Å². The van der Waals surface area contributed by atoms with Crippen LogP contribution in [0.4, 0.5) is 0 Å².